The molecule has 0 heterocycles. The fourth-order valence-corrected chi connectivity index (χ4v) is 2.24. The van der Waals surface area contributed by atoms with Crippen LogP contribution in [-0.4, -0.2) is 24.3 Å². The molecule has 0 aromatic heterocycles. The number of hydrogen-bond donors (Lipinski definition) is 1. The van der Waals surface area contributed by atoms with Crippen LogP contribution in [0.5, 0.6) is 11.5 Å². The van der Waals surface area contributed by atoms with Crippen LogP contribution in [0.4, 0.5) is 0 Å². The Hall–Kier alpha value is -1.71. The summed E-state index contributed by atoms with van der Waals surface area (Å²) in [6.07, 6.45) is 3.55. The van der Waals surface area contributed by atoms with Crippen LogP contribution < -0.4 is 4.74 Å². The summed E-state index contributed by atoms with van der Waals surface area (Å²) in [7, 11) is 0. The smallest absolute Gasteiger partial charge is 0.305 e. The second-order valence-electron chi connectivity index (χ2n) is 4.91. The molecule has 1 rings (SSSR count). The molecule has 0 aliphatic carbocycles. The first-order valence-corrected chi connectivity index (χ1v) is 7.76. The van der Waals surface area contributed by atoms with E-state index in [0.717, 1.165) is 36.1 Å². The molecule has 0 aliphatic rings. The van der Waals surface area contributed by atoms with E-state index in [1.54, 1.807) is 13.0 Å². The first kappa shape index (κ1) is 17.3. The molecule has 4 nitrogen and oxygen atoms in total. The van der Waals surface area contributed by atoms with E-state index >= 15 is 0 Å². The third-order valence-electron chi connectivity index (χ3n) is 3.28. The first-order valence-electron chi connectivity index (χ1n) is 7.76. The number of aryl methyl sites for hydroxylation is 1. The van der Waals surface area contributed by atoms with Gasteiger partial charge in [0.05, 0.1) is 13.2 Å². The Balaban J connectivity index is 2.68. The van der Waals surface area contributed by atoms with E-state index in [9.17, 15) is 9.90 Å². The highest BCUT2D eigenvalue weighted by Gasteiger charge is 2.13. The van der Waals surface area contributed by atoms with Crippen LogP contribution in [0.2, 0.25) is 0 Å². The number of phenols is 1. The molecule has 21 heavy (non-hydrogen) atoms. The van der Waals surface area contributed by atoms with E-state index in [4.69, 9.17) is 9.47 Å². The van der Waals surface area contributed by atoms with Crippen molar-refractivity contribution in [2.24, 2.45) is 0 Å². The average molecular weight is 294 g/mol. The molecule has 0 radical (unpaired) electrons. The molecular weight excluding hydrogens is 268 g/mol. The molecule has 0 unspecified atom stereocenters. The van der Waals surface area contributed by atoms with Gasteiger partial charge in [0, 0.05) is 12.0 Å². The fraction of sp³-hybridized carbons (Fsp3) is 0.588. The summed E-state index contributed by atoms with van der Waals surface area (Å²) in [5.41, 5.74) is 1.96. The van der Waals surface area contributed by atoms with Crippen molar-refractivity contribution < 1.29 is 19.4 Å². The molecule has 0 atom stereocenters. The lowest BCUT2D eigenvalue weighted by Gasteiger charge is -2.16. The maximum atomic E-state index is 11.3. The van der Waals surface area contributed by atoms with E-state index in [2.05, 4.69) is 13.8 Å². The van der Waals surface area contributed by atoms with Crippen molar-refractivity contribution in [1.82, 2.24) is 0 Å². The summed E-state index contributed by atoms with van der Waals surface area (Å²) >= 11 is 0. The van der Waals surface area contributed by atoms with Gasteiger partial charge in [-0.15, -0.1) is 0 Å². The van der Waals surface area contributed by atoms with E-state index in [0.29, 0.717) is 26.1 Å². The molecule has 0 saturated heterocycles. The van der Waals surface area contributed by atoms with Gasteiger partial charge >= 0.3 is 5.97 Å². The number of aromatic hydroxyl groups is 1. The monoisotopic (exact) mass is 294 g/mol. The standard InChI is InChI=1S/C17H26O4/c1-4-8-14-15(18)11-10-13(5-2)17(14)21-12-7-9-16(19)20-6-3/h10-11,18H,4-9,12H2,1-3H3. The Bertz CT molecular complexity index is 454. The van der Waals surface area contributed by atoms with Crippen molar-refractivity contribution in [2.45, 2.75) is 52.9 Å². The summed E-state index contributed by atoms with van der Waals surface area (Å²) in [6.45, 7) is 6.79. The van der Waals surface area contributed by atoms with Crippen LogP contribution in [0.1, 0.15) is 51.2 Å². The van der Waals surface area contributed by atoms with E-state index in [-0.39, 0.29) is 11.7 Å². The Morgan fingerprint density at radius 3 is 2.62 bits per heavy atom. The third-order valence-corrected chi connectivity index (χ3v) is 3.28. The molecule has 0 saturated carbocycles. The predicted octanol–water partition coefficient (Wildman–Crippen LogP) is 3.63. The molecule has 1 aromatic carbocycles. The minimum Gasteiger partial charge on any atom is -0.508 e. The van der Waals surface area contributed by atoms with Gasteiger partial charge in [0.25, 0.3) is 0 Å². The number of ether oxygens (including phenoxy) is 2. The summed E-state index contributed by atoms with van der Waals surface area (Å²) < 4.78 is 10.7. The Kier molecular flexibility index (Phi) is 7.65. The van der Waals surface area contributed by atoms with Crippen molar-refractivity contribution in [1.29, 1.82) is 0 Å². The van der Waals surface area contributed by atoms with Crippen LogP contribution in [0, 0.1) is 0 Å². The molecule has 0 bridgehead atoms. The zero-order valence-corrected chi connectivity index (χ0v) is 13.3. The average Bonchev–Trinajstić information content (AvgIpc) is 2.47. The third kappa shape index (κ3) is 5.29. The van der Waals surface area contributed by atoms with E-state index in [1.807, 2.05) is 6.07 Å². The van der Waals surface area contributed by atoms with Gasteiger partial charge < -0.3 is 14.6 Å². The molecule has 4 heteroatoms. The van der Waals surface area contributed by atoms with Crippen LogP contribution in [0.15, 0.2) is 12.1 Å². The van der Waals surface area contributed by atoms with Gasteiger partial charge in [-0.25, -0.2) is 0 Å². The summed E-state index contributed by atoms with van der Waals surface area (Å²) in [5, 5.41) is 10.0. The molecule has 0 fully saturated rings. The van der Waals surface area contributed by atoms with E-state index in [1.165, 1.54) is 0 Å². The summed E-state index contributed by atoms with van der Waals surface area (Å²) in [5.74, 6) is 0.874. The normalized spacial score (nSPS) is 10.4. The van der Waals surface area contributed by atoms with Gasteiger partial charge in [-0.2, -0.15) is 0 Å². The van der Waals surface area contributed by atoms with Gasteiger partial charge in [0.15, 0.2) is 0 Å². The number of esters is 1. The molecule has 1 aromatic rings. The van der Waals surface area contributed by atoms with Crippen LogP contribution in [0.3, 0.4) is 0 Å². The Labute approximate surface area is 127 Å². The molecule has 0 spiro atoms. The first-order chi connectivity index (χ1) is 10.1. The zero-order chi connectivity index (χ0) is 15.7. The van der Waals surface area contributed by atoms with Crippen LogP contribution >= 0.6 is 0 Å². The van der Waals surface area contributed by atoms with Crippen molar-refractivity contribution in [3.63, 3.8) is 0 Å². The second-order valence-corrected chi connectivity index (χ2v) is 4.91. The highest BCUT2D eigenvalue weighted by Crippen LogP contribution is 2.33. The van der Waals surface area contributed by atoms with E-state index < -0.39 is 0 Å². The van der Waals surface area contributed by atoms with Crippen LogP contribution in [0.25, 0.3) is 0 Å². The minimum atomic E-state index is -0.193. The Morgan fingerprint density at radius 2 is 2.00 bits per heavy atom. The molecule has 118 valence electrons. The maximum Gasteiger partial charge on any atom is 0.305 e. The number of carbonyl (C=O) groups is 1. The quantitative estimate of drug-likeness (QED) is 0.558. The van der Waals surface area contributed by atoms with Gasteiger partial charge in [-0.1, -0.05) is 26.3 Å². The van der Waals surface area contributed by atoms with Crippen molar-refractivity contribution in [3.8, 4) is 11.5 Å². The lowest BCUT2D eigenvalue weighted by Crippen LogP contribution is -2.08. The number of rotatable bonds is 9. The molecule has 0 aliphatic heterocycles. The lowest BCUT2D eigenvalue weighted by molar-refractivity contribution is -0.143. The van der Waals surface area contributed by atoms with Crippen molar-refractivity contribution in [2.75, 3.05) is 13.2 Å². The fourth-order valence-electron chi connectivity index (χ4n) is 2.24. The topological polar surface area (TPSA) is 55.8 Å². The molecule has 0 amide bonds. The summed E-state index contributed by atoms with van der Waals surface area (Å²) in [4.78, 5) is 11.3. The highest BCUT2D eigenvalue weighted by atomic mass is 16.5. The second kappa shape index (κ2) is 9.27. The number of carbonyl (C=O) groups excluding carboxylic acids is 1. The lowest BCUT2D eigenvalue weighted by atomic mass is 10.0. The molecule has 1 N–H and O–H groups in total. The minimum absolute atomic E-state index is 0.193. The number of phenolic OH excluding ortho intramolecular Hbond substituents is 1. The van der Waals surface area contributed by atoms with Gasteiger partial charge in [-0.3, -0.25) is 4.79 Å². The number of benzene rings is 1. The maximum absolute atomic E-state index is 11.3. The predicted molar refractivity (Wildman–Crippen MR) is 82.8 cm³/mol. The van der Waals surface area contributed by atoms with Crippen molar-refractivity contribution >= 4 is 5.97 Å². The van der Waals surface area contributed by atoms with Gasteiger partial charge in [0.2, 0.25) is 0 Å². The van der Waals surface area contributed by atoms with Gasteiger partial charge in [0.1, 0.15) is 11.5 Å². The van der Waals surface area contributed by atoms with Crippen molar-refractivity contribution in [3.05, 3.63) is 23.3 Å². The molecular formula is C17H26O4. The van der Waals surface area contributed by atoms with Crippen LogP contribution in [-0.2, 0) is 22.4 Å². The zero-order valence-electron chi connectivity index (χ0n) is 13.3. The number of hydrogen-bond acceptors (Lipinski definition) is 4. The largest absolute Gasteiger partial charge is 0.508 e. The van der Waals surface area contributed by atoms with Gasteiger partial charge in [-0.05, 0) is 37.8 Å². The highest BCUT2D eigenvalue weighted by molar-refractivity contribution is 5.69. The SMILES string of the molecule is CCCc1c(O)ccc(CC)c1OCCCC(=O)OCC. The Morgan fingerprint density at radius 1 is 1.24 bits per heavy atom. The summed E-state index contributed by atoms with van der Waals surface area (Å²) in [6, 6.07) is 3.63.